The van der Waals surface area contributed by atoms with Crippen LogP contribution in [-0.4, -0.2) is 107 Å². The molecule has 0 aliphatic carbocycles. The summed E-state index contributed by atoms with van der Waals surface area (Å²) in [6, 6.07) is 0. The van der Waals surface area contributed by atoms with E-state index in [0.717, 1.165) is 6.21 Å². The summed E-state index contributed by atoms with van der Waals surface area (Å²) in [5.74, 6) is -8.73. The van der Waals surface area contributed by atoms with Crippen LogP contribution in [0, 0.1) is 30.6 Å². The monoisotopic (exact) mass is 826 g/mol. The van der Waals surface area contributed by atoms with Crippen LogP contribution in [0.5, 0.6) is 23.0 Å². The molecule has 6 N–H and O–H groups in total. The van der Waals surface area contributed by atoms with Gasteiger partial charge in [-0.25, -0.2) is 0 Å². The molecular formula is C43H58N2O14. The number of anilines is 1. The van der Waals surface area contributed by atoms with Crippen LogP contribution in [0.1, 0.15) is 83.3 Å². The number of nitrogens with one attached hydrogen (secondary N) is 1. The molecule has 324 valence electrons. The second-order valence-corrected chi connectivity index (χ2v) is 15.5. The minimum absolute atomic E-state index is 0.0265. The average Bonchev–Trinajstić information content (AvgIpc) is 3.46. The minimum atomic E-state index is -2.07. The lowest BCUT2D eigenvalue weighted by Crippen LogP contribution is -2.46. The highest BCUT2D eigenvalue weighted by Gasteiger charge is 2.50. The van der Waals surface area contributed by atoms with Crippen molar-refractivity contribution < 1.29 is 68.4 Å². The van der Waals surface area contributed by atoms with Crippen LogP contribution in [0.2, 0.25) is 0 Å². The van der Waals surface area contributed by atoms with E-state index < -0.39 is 88.8 Å². The smallest absolute Gasteiger partial charge is 0.312 e. The second-order valence-electron chi connectivity index (χ2n) is 15.5. The van der Waals surface area contributed by atoms with Crippen LogP contribution in [0.25, 0.3) is 10.8 Å². The molecule has 16 nitrogen and oxygen atoms in total. The largest absolute Gasteiger partial charge is 0.507 e. The molecule has 0 saturated carbocycles. The number of esters is 1. The van der Waals surface area contributed by atoms with E-state index >= 15 is 0 Å². The lowest BCUT2D eigenvalue weighted by Gasteiger charge is -2.38. The molecule has 5 rings (SSSR count). The van der Waals surface area contributed by atoms with E-state index in [9.17, 15) is 39.9 Å². The molecule has 3 heterocycles. The zero-order chi connectivity index (χ0) is 44.1. The van der Waals surface area contributed by atoms with Crippen molar-refractivity contribution in [3.63, 3.8) is 0 Å². The summed E-state index contributed by atoms with van der Waals surface area (Å²) in [5.41, 5.74) is -0.670. The fourth-order valence-electron chi connectivity index (χ4n) is 7.35. The van der Waals surface area contributed by atoms with Crippen LogP contribution in [0.3, 0.4) is 0 Å². The number of aromatic hydroxyl groups is 3. The molecule has 1 unspecified atom stereocenters. The maximum absolute atomic E-state index is 14.4. The lowest BCUT2D eigenvalue weighted by molar-refractivity contribution is -0.160. The summed E-state index contributed by atoms with van der Waals surface area (Å²) in [5, 5.41) is 64.0. The highest BCUT2D eigenvalue weighted by molar-refractivity contribution is 6.23. The third-order valence-corrected chi connectivity index (χ3v) is 11.3. The Kier molecular flexibility index (Phi) is 15.2. The Morgan fingerprint density at radius 3 is 2.29 bits per heavy atom. The van der Waals surface area contributed by atoms with Gasteiger partial charge in [0.05, 0.1) is 59.1 Å². The zero-order valence-corrected chi connectivity index (χ0v) is 35.4. The molecule has 16 heteroatoms. The van der Waals surface area contributed by atoms with Gasteiger partial charge in [0.15, 0.2) is 5.75 Å². The number of ether oxygens (including phenoxy) is 5. The number of aliphatic hydroxyl groups excluding tert-OH is 2. The minimum Gasteiger partial charge on any atom is -0.507 e. The van der Waals surface area contributed by atoms with E-state index in [1.807, 2.05) is 6.92 Å². The maximum Gasteiger partial charge on any atom is 0.312 e. The van der Waals surface area contributed by atoms with Crippen LogP contribution in [0.15, 0.2) is 41.3 Å². The van der Waals surface area contributed by atoms with Crippen molar-refractivity contribution in [1.82, 2.24) is 0 Å². The summed E-state index contributed by atoms with van der Waals surface area (Å²) in [7, 11) is 2.97. The number of hydrogen-bond acceptors (Lipinski definition) is 15. The molecule has 3 aliphatic heterocycles. The number of carbonyl (C=O) groups is 3. The molecular weight excluding hydrogens is 768 g/mol. The Balaban J connectivity index is 1.95. The first kappa shape index (κ1) is 46.5. The molecule has 0 saturated heterocycles. The van der Waals surface area contributed by atoms with Gasteiger partial charge in [0.1, 0.15) is 30.0 Å². The number of ketones is 1. The maximum atomic E-state index is 14.4. The zero-order valence-electron chi connectivity index (χ0n) is 35.4. The van der Waals surface area contributed by atoms with Gasteiger partial charge in [0.2, 0.25) is 0 Å². The normalized spacial score (nSPS) is 30.6. The SMILES string of the molecule is COC(C)CCO/N=C/c1c2c(O)c3c(O)c(C)c4c(c3c1O)C(=O)[C@@](C)(O/C=C\[C@H](OC)[C@@H](C)[C@@H](OC(C)=O)[C@H](C)[C@H](O)[C@H](C)[C@@H](O)[C@@H](C)/C=C\C=C(\C)C(=O)N2)O4. The summed E-state index contributed by atoms with van der Waals surface area (Å²) in [6.07, 6.45) is 4.78. The number of fused-ring (bicyclic) bond motifs is 14. The van der Waals surface area contributed by atoms with Crippen molar-refractivity contribution in [3.05, 3.63) is 52.8 Å². The van der Waals surface area contributed by atoms with E-state index in [4.69, 9.17) is 28.5 Å². The molecule has 10 atom stereocenters. The van der Waals surface area contributed by atoms with E-state index in [-0.39, 0.29) is 57.2 Å². The number of rotatable bonds is 8. The Bertz CT molecular complexity index is 2020. The molecule has 59 heavy (non-hydrogen) atoms. The molecule has 2 aromatic rings. The van der Waals surface area contributed by atoms with E-state index in [2.05, 4.69) is 10.5 Å². The van der Waals surface area contributed by atoms with Gasteiger partial charge in [-0.05, 0) is 26.8 Å². The number of phenols is 3. The Hall–Kier alpha value is -5.16. The van der Waals surface area contributed by atoms with Crippen molar-refractivity contribution in [1.29, 1.82) is 0 Å². The summed E-state index contributed by atoms with van der Waals surface area (Å²) < 4.78 is 28.7. The van der Waals surface area contributed by atoms with Gasteiger partial charge in [-0.15, -0.1) is 0 Å². The number of allylic oxidation sites excluding steroid dienone is 2. The Labute approximate surface area is 344 Å². The molecule has 0 fully saturated rings. The fourth-order valence-corrected chi connectivity index (χ4v) is 7.35. The Morgan fingerprint density at radius 1 is 0.983 bits per heavy atom. The third-order valence-electron chi connectivity index (χ3n) is 11.3. The van der Waals surface area contributed by atoms with Crippen LogP contribution in [-0.2, 0) is 33.4 Å². The number of benzene rings is 2. The molecule has 2 aromatic carbocycles. The van der Waals surface area contributed by atoms with Gasteiger partial charge >= 0.3 is 11.8 Å². The van der Waals surface area contributed by atoms with Crippen LogP contribution in [0.4, 0.5) is 5.69 Å². The molecule has 0 aromatic heterocycles. The van der Waals surface area contributed by atoms with Gasteiger partial charge in [-0.2, -0.15) is 0 Å². The number of oxime groups is 1. The first-order chi connectivity index (χ1) is 27.7. The molecule has 3 aliphatic rings. The number of methoxy groups -OCH3 is 2. The van der Waals surface area contributed by atoms with Crippen molar-refractivity contribution in [2.24, 2.45) is 28.8 Å². The topological polar surface area (TPSA) is 232 Å². The highest BCUT2D eigenvalue weighted by Crippen LogP contribution is 2.55. The van der Waals surface area contributed by atoms with Gasteiger partial charge in [0, 0.05) is 74.7 Å². The number of carbonyl (C=O) groups excluding carboxylic acids is 3. The van der Waals surface area contributed by atoms with Crippen LogP contribution < -0.4 is 10.1 Å². The summed E-state index contributed by atoms with van der Waals surface area (Å²) in [4.78, 5) is 45.7. The average molecular weight is 827 g/mol. The predicted octanol–water partition coefficient (Wildman–Crippen LogP) is 5.53. The van der Waals surface area contributed by atoms with Gasteiger partial charge < -0.3 is 59.4 Å². The van der Waals surface area contributed by atoms with Gasteiger partial charge in [-0.3, -0.25) is 14.4 Å². The molecule has 5 bridgehead atoms. The molecule has 1 amide bonds. The molecule has 0 radical (unpaired) electrons. The highest BCUT2D eigenvalue weighted by atomic mass is 16.7. The van der Waals surface area contributed by atoms with E-state index in [0.29, 0.717) is 6.42 Å². The molecule has 0 spiro atoms. The van der Waals surface area contributed by atoms with Gasteiger partial charge in [0.25, 0.3) is 11.7 Å². The Morgan fingerprint density at radius 2 is 1.66 bits per heavy atom. The number of hydrogen-bond donors (Lipinski definition) is 6. The van der Waals surface area contributed by atoms with Crippen molar-refractivity contribution >= 4 is 40.3 Å². The van der Waals surface area contributed by atoms with E-state index in [1.54, 1.807) is 47.0 Å². The summed E-state index contributed by atoms with van der Waals surface area (Å²) >= 11 is 0. The first-order valence-corrected chi connectivity index (χ1v) is 19.5. The summed E-state index contributed by atoms with van der Waals surface area (Å²) in [6.45, 7) is 14.3. The number of Topliss-reactive ketones (excluding diaryl/α,β-unsaturated/α-hetero) is 1. The lowest BCUT2D eigenvalue weighted by atomic mass is 9.78. The van der Waals surface area contributed by atoms with Crippen molar-refractivity contribution in [2.75, 3.05) is 26.1 Å². The van der Waals surface area contributed by atoms with E-state index in [1.165, 1.54) is 53.2 Å². The number of nitrogens with zero attached hydrogens (tertiary/aromatic N) is 1. The number of amides is 1. The van der Waals surface area contributed by atoms with Gasteiger partial charge in [-0.1, -0.05) is 51.1 Å². The quantitative estimate of drug-likeness (QED) is 0.0480. The van der Waals surface area contributed by atoms with Crippen LogP contribution >= 0.6 is 0 Å². The first-order valence-electron chi connectivity index (χ1n) is 19.5. The van der Waals surface area contributed by atoms with Crippen molar-refractivity contribution in [2.45, 2.75) is 105 Å². The fraction of sp³-hybridized carbons (Fsp3) is 0.535. The number of phenolic OH excluding ortho intramolecular Hbond substituents is 3. The third kappa shape index (κ3) is 9.67. The number of aliphatic hydroxyl groups is 2. The predicted molar refractivity (Wildman–Crippen MR) is 218 cm³/mol. The standard InChI is InChI=1S/C43H58N2O14/c1-20-13-12-14-21(2)42(53)45-33-28(19-44-57-18-15-22(3)54-10)37(50)30-31(38(33)51)36(49)26(7)40-32(30)41(52)43(9,59-40)56-17-16-29(55-11)23(4)39(58-27(8)46)25(6)35(48)24(5)34(20)47/h12-14,16-17,19-20,22-25,29,34-35,39,47-51H,15,18H2,1-11H3,(H,45,53)/b13-12-,17-16-,21-14-,44-19+/t20-,22?,23+,24+,25+,29-,34-,35+,39+,43-/m0/s1. The van der Waals surface area contributed by atoms with Crippen molar-refractivity contribution in [3.8, 4) is 23.0 Å². The second kappa shape index (κ2) is 19.3.